The molecule has 9 aromatic carbocycles. The topological polar surface area (TPSA) is 49.6 Å². The molecule has 0 aliphatic carbocycles. The normalized spacial score (nSPS) is 11.4. The van der Waals surface area contributed by atoms with Crippen LogP contribution in [0, 0.1) is 5.41 Å². The third-order valence-corrected chi connectivity index (χ3v) is 11.4. The average Bonchev–Trinajstić information content (AvgIpc) is 3.36. The number of allylic oxidation sites excluding steroid dienone is 1. The van der Waals surface area contributed by atoms with Gasteiger partial charge >= 0.3 is 0 Å². The van der Waals surface area contributed by atoms with Crippen LogP contribution >= 0.6 is 0 Å². The number of hydrogen-bond donors (Lipinski definition) is 1. The number of benzene rings is 9. The minimum absolute atomic E-state index is 0.469. The Morgan fingerprint density at radius 2 is 0.758 bits per heavy atom. The molecule has 292 valence electrons. The van der Waals surface area contributed by atoms with E-state index in [1.807, 2.05) is 54.6 Å². The largest absolute Gasteiger partial charge is 0.300 e. The molecule has 3 heteroatoms. The first-order chi connectivity index (χ1) is 30.6. The van der Waals surface area contributed by atoms with Crippen LogP contribution in [-0.2, 0) is 0 Å². The molecule has 1 N–H and O–H groups in total. The van der Waals surface area contributed by atoms with Gasteiger partial charge in [0.05, 0.1) is 17.1 Å². The number of nitrogens with one attached hydrogen (secondary N) is 1. The van der Waals surface area contributed by atoms with Crippen LogP contribution < -0.4 is 0 Å². The molecule has 0 unspecified atom stereocenters. The molecule has 0 spiro atoms. The zero-order valence-electron chi connectivity index (χ0n) is 34.0. The van der Waals surface area contributed by atoms with Crippen LogP contribution in [0.3, 0.4) is 0 Å². The zero-order valence-corrected chi connectivity index (χ0v) is 34.0. The van der Waals surface area contributed by atoms with Crippen molar-refractivity contribution < 1.29 is 0 Å². The summed E-state index contributed by atoms with van der Waals surface area (Å²) in [5, 5.41) is 11.3. The Labute approximate surface area is 362 Å². The first-order valence-electron chi connectivity index (χ1n) is 20.9. The van der Waals surface area contributed by atoms with Crippen molar-refractivity contribution in [3.05, 3.63) is 259 Å². The predicted molar refractivity (Wildman–Crippen MR) is 259 cm³/mol. The van der Waals surface area contributed by atoms with Gasteiger partial charge in [0.15, 0.2) is 5.82 Å². The maximum atomic E-state index is 9.05. The Hall–Kier alpha value is -8.27. The van der Waals surface area contributed by atoms with E-state index in [2.05, 4.69) is 188 Å². The van der Waals surface area contributed by atoms with Gasteiger partial charge in [0.2, 0.25) is 0 Å². The molecule has 1 heterocycles. The van der Waals surface area contributed by atoms with Gasteiger partial charge in [-0.1, -0.05) is 224 Å². The fourth-order valence-electron chi connectivity index (χ4n) is 8.08. The van der Waals surface area contributed by atoms with Crippen LogP contribution in [0.5, 0.6) is 0 Å². The van der Waals surface area contributed by atoms with Crippen molar-refractivity contribution in [2.45, 2.75) is 0 Å². The van der Waals surface area contributed by atoms with Crippen molar-refractivity contribution in [3.8, 4) is 67.3 Å². The van der Waals surface area contributed by atoms with Crippen LogP contribution in [-0.4, -0.2) is 15.7 Å². The third kappa shape index (κ3) is 8.03. The summed E-state index contributed by atoms with van der Waals surface area (Å²) in [6, 6.07) is 82.2. The van der Waals surface area contributed by atoms with Crippen LogP contribution in [0.1, 0.15) is 16.7 Å². The second-order valence-corrected chi connectivity index (χ2v) is 15.4. The van der Waals surface area contributed by atoms with Crippen LogP contribution in [0.4, 0.5) is 0 Å². The maximum Gasteiger partial charge on any atom is 0.160 e. The summed E-state index contributed by atoms with van der Waals surface area (Å²) in [5.74, 6) is 0.669. The Kier molecular flexibility index (Phi) is 10.5. The Bertz CT molecular complexity index is 3070. The van der Waals surface area contributed by atoms with Gasteiger partial charge in [-0.3, -0.25) is 0 Å². The Balaban J connectivity index is 1.02. The number of hydrogen-bond acceptors (Lipinski definition) is 3. The number of rotatable bonds is 10. The second kappa shape index (κ2) is 17.1. The van der Waals surface area contributed by atoms with Crippen LogP contribution in [0.15, 0.2) is 243 Å². The molecule has 0 aliphatic rings. The molecule has 0 fully saturated rings. The summed E-state index contributed by atoms with van der Waals surface area (Å²) in [7, 11) is 0. The summed E-state index contributed by atoms with van der Waals surface area (Å²) in [5.41, 5.74) is 16.1. The lowest BCUT2D eigenvalue weighted by atomic mass is 9.90. The average molecular weight is 792 g/mol. The fourth-order valence-corrected chi connectivity index (χ4v) is 8.08. The molecule has 1 aromatic heterocycles. The molecule has 0 radical (unpaired) electrons. The molecule has 0 bridgehead atoms. The summed E-state index contributed by atoms with van der Waals surface area (Å²) >= 11 is 0. The number of nitrogens with zero attached hydrogens (tertiary/aromatic N) is 2. The summed E-state index contributed by atoms with van der Waals surface area (Å²) in [6.45, 7) is 0. The lowest BCUT2D eigenvalue weighted by Crippen LogP contribution is -1.98. The summed E-state index contributed by atoms with van der Waals surface area (Å²) < 4.78 is 0. The molecule has 0 aliphatic heterocycles. The van der Waals surface area contributed by atoms with Crippen molar-refractivity contribution in [3.63, 3.8) is 0 Å². The van der Waals surface area contributed by atoms with Gasteiger partial charge in [0, 0.05) is 16.7 Å². The van der Waals surface area contributed by atoms with Crippen molar-refractivity contribution in [2.75, 3.05) is 0 Å². The molecule has 10 aromatic rings. The van der Waals surface area contributed by atoms with E-state index in [1.165, 1.54) is 11.1 Å². The summed E-state index contributed by atoms with van der Waals surface area (Å²) in [4.78, 5) is 10.4. The van der Waals surface area contributed by atoms with E-state index in [9.17, 15) is 0 Å². The Morgan fingerprint density at radius 1 is 0.339 bits per heavy atom. The van der Waals surface area contributed by atoms with E-state index in [-0.39, 0.29) is 0 Å². The molecule has 3 nitrogen and oxygen atoms in total. The van der Waals surface area contributed by atoms with Gasteiger partial charge in [-0.25, -0.2) is 9.97 Å². The number of aromatic nitrogens is 2. The van der Waals surface area contributed by atoms with Gasteiger partial charge in [-0.15, -0.1) is 0 Å². The van der Waals surface area contributed by atoms with Crippen molar-refractivity contribution in [1.82, 2.24) is 9.97 Å². The smallest absolute Gasteiger partial charge is 0.160 e. The van der Waals surface area contributed by atoms with Crippen LogP contribution in [0.25, 0.3) is 83.6 Å². The summed E-state index contributed by atoms with van der Waals surface area (Å²) in [6.07, 6.45) is 2.00. The highest BCUT2D eigenvalue weighted by atomic mass is 14.9. The quantitative estimate of drug-likeness (QED) is 0.140. The van der Waals surface area contributed by atoms with Crippen molar-refractivity contribution >= 4 is 22.1 Å². The molecule has 62 heavy (non-hydrogen) atoms. The first-order valence-corrected chi connectivity index (χ1v) is 20.9. The van der Waals surface area contributed by atoms with Gasteiger partial charge in [0.25, 0.3) is 0 Å². The highest BCUT2D eigenvalue weighted by molar-refractivity contribution is 6.14. The van der Waals surface area contributed by atoms with E-state index in [0.29, 0.717) is 11.5 Å². The first kappa shape index (κ1) is 38.0. The Morgan fingerprint density at radius 3 is 1.29 bits per heavy atom. The van der Waals surface area contributed by atoms with Gasteiger partial charge in [0.1, 0.15) is 0 Å². The molecule has 0 saturated heterocycles. The van der Waals surface area contributed by atoms with E-state index in [0.717, 1.165) is 83.4 Å². The molecule has 10 rings (SSSR count). The fraction of sp³-hybridized carbons (Fsp3) is 0. The molecule has 0 amide bonds. The van der Waals surface area contributed by atoms with E-state index < -0.39 is 0 Å². The minimum atomic E-state index is 0.469. The van der Waals surface area contributed by atoms with Gasteiger partial charge in [-0.05, 0) is 84.6 Å². The molecule has 0 atom stereocenters. The standard InChI is InChI=1S/C59H41N3/c60-56(48-20-11-4-12-21-48)39-55(46-18-9-3-10-19-46)53-23-13-22-47-30-37-52(38-54(47)53)45-28-35-51(36-29-45)59-61-57(49-31-24-43(25-32-49)41-14-5-1-6-15-41)40-58(62-59)50-33-26-44(27-34-50)42-16-7-2-8-17-42/h1-40,60H/b55-39-,60-56?. The highest BCUT2D eigenvalue weighted by Crippen LogP contribution is 2.35. The third-order valence-electron chi connectivity index (χ3n) is 11.4. The predicted octanol–water partition coefficient (Wildman–Crippen LogP) is 15.1. The van der Waals surface area contributed by atoms with Crippen molar-refractivity contribution in [1.29, 1.82) is 5.41 Å². The molecular weight excluding hydrogens is 751 g/mol. The van der Waals surface area contributed by atoms with E-state index in [1.54, 1.807) is 0 Å². The highest BCUT2D eigenvalue weighted by Gasteiger charge is 2.15. The lowest BCUT2D eigenvalue weighted by Gasteiger charge is -2.14. The molecular formula is C59H41N3. The van der Waals surface area contributed by atoms with Gasteiger partial charge in [-0.2, -0.15) is 0 Å². The minimum Gasteiger partial charge on any atom is -0.300 e. The monoisotopic (exact) mass is 791 g/mol. The zero-order chi connectivity index (χ0) is 41.7. The van der Waals surface area contributed by atoms with E-state index in [4.69, 9.17) is 15.4 Å². The number of fused-ring (bicyclic) bond motifs is 1. The maximum absolute atomic E-state index is 9.05. The van der Waals surface area contributed by atoms with Gasteiger partial charge < -0.3 is 5.41 Å². The molecule has 0 saturated carbocycles. The second-order valence-electron chi connectivity index (χ2n) is 15.4. The van der Waals surface area contributed by atoms with Crippen LogP contribution in [0.2, 0.25) is 0 Å². The van der Waals surface area contributed by atoms with Crippen molar-refractivity contribution in [2.24, 2.45) is 0 Å². The SMILES string of the molecule is N=C(/C=C(/c1ccccc1)c1cccc2ccc(-c3ccc(-c4nc(-c5ccc(-c6ccccc6)cc5)cc(-c5ccc(-c6ccccc6)cc5)n4)cc3)cc12)c1ccccc1. The van der Waals surface area contributed by atoms with E-state index >= 15 is 0 Å². The lowest BCUT2D eigenvalue weighted by molar-refractivity contribution is 1.18.